The number of ether oxygens (including phenoxy) is 2. The molecule has 1 aromatic rings. The number of benzene rings is 1. The molecule has 144 valence electrons. The van der Waals surface area contributed by atoms with Crippen molar-refractivity contribution in [3.05, 3.63) is 18.2 Å². The number of carbonyl (C=O) groups excluding carboxylic acids is 1. The molecule has 6 heteroatoms. The van der Waals surface area contributed by atoms with Gasteiger partial charge < -0.3 is 20.1 Å². The molecule has 0 bridgehead atoms. The van der Waals surface area contributed by atoms with Gasteiger partial charge in [0.2, 0.25) is 5.91 Å². The molecular formula is C20H31N3O3. The lowest BCUT2D eigenvalue weighted by molar-refractivity contribution is -0.121. The van der Waals surface area contributed by atoms with Gasteiger partial charge in [-0.25, -0.2) is 0 Å². The van der Waals surface area contributed by atoms with E-state index >= 15 is 0 Å². The lowest BCUT2D eigenvalue weighted by atomic mass is 9.93. The van der Waals surface area contributed by atoms with Crippen molar-refractivity contribution < 1.29 is 14.3 Å². The van der Waals surface area contributed by atoms with Gasteiger partial charge in [-0.15, -0.1) is 0 Å². The summed E-state index contributed by atoms with van der Waals surface area (Å²) in [5.74, 6) is 2.26. The number of amides is 1. The number of nitrogens with one attached hydrogen (secondary N) is 2. The van der Waals surface area contributed by atoms with Crippen LogP contribution in [0.1, 0.15) is 32.6 Å². The Morgan fingerprint density at radius 2 is 1.96 bits per heavy atom. The topological polar surface area (TPSA) is 62.8 Å². The molecule has 1 unspecified atom stereocenters. The molecule has 2 aliphatic heterocycles. The van der Waals surface area contributed by atoms with Crippen LogP contribution in [0.4, 0.5) is 5.69 Å². The third-order valence-electron chi connectivity index (χ3n) is 5.39. The summed E-state index contributed by atoms with van der Waals surface area (Å²) >= 11 is 0. The van der Waals surface area contributed by atoms with Crippen LogP contribution in [0.25, 0.3) is 0 Å². The first-order chi connectivity index (χ1) is 12.7. The van der Waals surface area contributed by atoms with Crippen LogP contribution in [0.3, 0.4) is 0 Å². The summed E-state index contributed by atoms with van der Waals surface area (Å²) in [4.78, 5) is 15.0. The molecule has 2 N–H and O–H groups in total. The Balaban J connectivity index is 1.52. The molecule has 2 heterocycles. The number of likely N-dealkylation sites (tertiary alicyclic amines) is 1. The monoisotopic (exact) mass is 361 g/mol. The summed E-state index contributed by atoms with van der Waals surface area (Å²) in [6.45, 7) is 6.36. The highest BCUT2D eigenvalue weighted by molar-refractivity contribution is 5.94. The Morgan fingerprint density at radius 3 is 2.69 bits per heavy atom. The zero-order valence-electron chi connectivity index (χ0n) is 15.9. The third kappa shape index (κ3) is 4.89. The Hall–Kier alpha value is -1.79. The van der Waals surface area contributed by atoms with Gasteiger partial charge in [-0.1, -0.05) is 0 Å². The van der Waals surface area contributed by atoms with Gasteiger partial charge in [-0.05, 0) is 70.9 Å². The van der Waals surface area contributed by atoms with E-state index in [0.29, 0.717) is 19.0 Å². The first kappa shape index (κ1) is 19.0. The van der Waals surface area contributed by atoms with E-state index in [1.165, 1.54) is 19.3 Å². The molecule has 1 saturated heterocycles. The molecule has 6 nitrogen and oxygen atoms in total. The number of rotatable bonds is 6. The van der Waals surface area contributed by atoms with Crippen molar-refractivity contribution in [1.29, 1.82) is 0 Å². The van der Waals surface area contributed by atoms with Crippen LogP contribution >= 0.6 is 0 Å². The second-order valence-electron chi connectivity index (χ2n) is 7.25. The minimum atomic E-state index is -0.128. The maximum atomic E-state index is 12.7. The fourth-order valence-electron chi connectivity index (χ4n) is 3.63. The molecule has 1 amide bonds. The van der Waals surface area contributed by atoms with Crippen molar-refractivity contribution in [3.63, 3.8) is 0 Å². The smallest absolute Gasteiger partial charge is 0.241 e. The standard InChI is InChI=1S/C20H31N3O3/c1-15(23-10-7-16(8-11-23)6-9-21-2)20(24)22-17-4-5-18-19(14-17)26-13-3-12-25-18/h4-5,14-16,21H,3,6-13H2,1-2H3,(H,22,24). The second kappa shape index (κ2) is 9.24. The van der Waals surface area contributed by atoms with Crippen molar-refractivity contribution in [1.82, 2.24) is 10.2 Å². The van der Waals surface area contributed by atoms with Gasteiger partial charge in [0.25, 0.3) is 0 Å². The summed E-state index contributed by atoms with van der Waals surface area (Å²) < 4.78 is 11.3. The summed E-state index contributed by atoms with van der Waals surface area (Å²) in [5, 5.41) is 6.25. The van der Waals surface area contributed by atoms with E-state index in [0.717, 1.165) is 43.4 Å². The van der Waals surface area contributed by atoms with E-state index in [9.17, 15) is 4.79 Å². The van der Waals surface area contributed by atoms with E-state index in [2.05, 4.69) is 15.5 Å². The quantitative estimate of drug-likeness (QED) is 0.815. The Labute approximate surface area is 156 Å². The van der Waals surface area contributed by atoms with E-state index in [-0.39, 0.29) is 11.9 Å². The van der Waals surface area contributed by atoms with Crippen LogP contribution in [0.2, 0.25) is 0 Å². The molecule has 0 spiro atoms. The zero-order valence-corrected chi connectivity index (χ0v) is 15.9. The molecule has 0 aliphatic carbocycles. The summed E-state index contributed by atoms with van der Waals surface area (Å²) in [5.41, 5.74) is 0.759. The van der Waals surface area contributed by atoms with E-state index in [1.807, 2.05) is 32.2 Å². The van der Waals surface area contributed by atoms with Crippen molar-refractivity contribution >= 4 is 11.6 Å². The molecule has 26 heavy (non-hydrogen) atoms. The molecule has 1 fully saturated rings. The second-order valence-corrected chi connectivity index (χ2v) is 7.25. The van der Waals surface area contributed by atoms with Crippen LogP contribution in [-0.2, 0) is 4.79 Å². The lowest BCUT2D eigenvalue weighted by Crippen LogP contribution is -2.46. The highest BCUT2D eigenvalue weighted by Gasteiger charge is 2.26. The normalized spacial score (nSPS) is 19.6. The highest BCUT2D eigenvalue weighted by atomic mass is 16.5. The number of hydrogen-bond acceptors (Lipinski definition) is 5. The van der Waals surface area contributed by atoms with Crippen LogP contribution in [0.5, 0.6) is 11.5 Å². The lowest BCUT2D eigenvalue weighted by Gasteiger charge is -2.35. The Morgan fingerprint density at radius 1 is 1.23 bits per heavy atom. The largest absolute Gasteiger partial charge is 0.490 e. The summed E-state index contributed by atoms with van der Waals surface area (Å²) in [6, 6.07) is 5.47. The van der Waals surface area contributed by atoms with Crippen molar-refractivity contribution in [2.24, 2.45) is 5.92 Å². The highest BCUT2D eigenvalue weighted by Crippen LogP contribution is 2.32. The molecular weight excluding hydrogens is 330 g/mol. The maximum absolute atomic E-state index is 12.7. The predicted octanol–water partition coefficient (Wildman–Crippen LogP) is 2.50. The number of fused-ring (bicyclic) bond motifs is 1. The Kier molecular flexibility index (Phi) is 6.74. The number of piperidine rings is 1. The van der Waals surface area contributed by atoms with Gasteiger partial charge >= 0.3 is 0 Å². The van der Waals surface area contributed by atoms with Gasteiger partial charge in [0, 0.05) is 18.2 Å². The third-order valence-corrected chi connectivity index (χ3v) is 5.39. The molecule has 2 aliphatic rings. The number of hydrogen-bond donors (Lipinski definition) is 2. The number of nitrogens with zero attached hydrogens (tertiary/aromatic N) is 1. The molecule has 1 atom stereocenters. The van der Waals surface area contributed by atoms with Crippen LogP contribution in [-0.4, -0.2) is 56.7 Å². The summed E-state index contributed by atoms with van der Waals surface area (Å²) in [6.07, 6.45) is 4.44. The zero-order chi connectivity index (χ0) is 18.4. The average molecular weight is 361 g/mol. The van der Waals surface area contributed by atoms with Crippen molar-refractivity contribution in [2.75, 3.05) is 45.2 Å². The van der Waals surface area contributed by atoms with Gasteiger partial charge in [0.15, 0.2) is 11.5 Å². The van der Waals surface area contributed by atoms with Gasteiger partial charge in [0.05, 0.1) is 19.3 Å². The first-order valence-corrected chi connectivity index (χ1v) is 9.76. The van der Waals surface area contributed by atoms with E-state index < -0.39 is 0 Å². The summed E-state index contributed by atoms with van der Waals surface area (Å²) in [7, 11) is 2.00. The average Bonchev–Trinajstić information content (AvgIpc) is 2.91. The fourth-order valence-corrected chi connectivity index (χ4v) is 3.63. The predicted molar refractivity (Wildman–Crippen MR) is 103 cm³/mol. The SMILES string of the molecule is CNCCC1CCN(C(C)C(=O)Nc2ccc3c(c2)OCCCO3)CC1. The molecule has 0 radical (unpaired) electrons. The van der Waals surface area contributed by atoms with Crippen LogP contribution < -0.4 is 20.1 Å². The van der Waals surface area contributed by atoms with Crippen molar-refractivity contribution in [3.8, 4) is 11.5 Å². The van der Waals surface area contributed by atoms with Crippen LogP contribution in [0, 0.1) is 5.92 Å². The molecule has 3 rings (SSSR count). The van der Waals surface area contributed by atoms with Crippen LogP contribution in [0.15, 0.2) is 18.2 Å². The first-order valence-electron chi connectivity index (χ1n) is 9.76. The van der Waals surface area contributed by atoms with Gasteiger partial charge in [-0.3, -0.25) is 9.69 Å². The number of carbonyl (C=O) groups is 1. The van der Waals surface area contributed by atoms with Gasteiger partial charge in [-0.2, -0.15) is 0 Å². The molecule has 0 aromatic heterocycles. The maximum Gasteiger partial charge on any atom is 0.241 e. The minimum Gasteiger partial charge on any atom is -0.490 e. The number of anilines is 1. The van der Waals surface area contributed by atoms with E-state index in [1.54, 1.807) is 0 Å². The molecule has 1 aromatic carbocycles. The fraction of sp³-hybridized carbons (Fsp3) is 0.650. The minimum absolute atomic E-state index is 0.0353. The molecule has 0 saturated carbocycles. The van der Waals surface area contributed by atoms with Gasteiger partial charge in [0.1, 0.15) is 0 Å². The Bertz CT molecular complexity index is 600. The van der Waals surface area contributed by atoms with Crippen molar-refractivity contribution in [2.45, 2.75) is 38.6 Å². The van der Waals surface area contributed by atoms with E-state index in [4.69, 9.17) is 9.47 Å².